The second kappa shape index (κ2) is 3.92. The van der Waals surface area contributed by atoms with Crippen LogP contribution in [-0.4, -0.2) is 22.6 Å². The van der Waals surface area contributed by atoms with Crippen LogP contribution in [0.4, 0.5) is 0 Å². The molecular weight excluding hydrogens is 162 g/mol. The van der Waals surface area contributed by atoms with Crippen molar-refractivity contribution in [3.63, 3.8) is 0 Å². The van der Waals surface area contributed by atoms with Crippen molar-refractivity contribution in [3.8, 4) is 0 Å². The van der Waals surface area contributed by atoms with Crippen molar-refractivity contribution in [1.82, 2.24) is 14.9 Å². The molecule has 0 saturated heterocycles. The minimum atomic E-state index is 0.696. The number of nitrogens with one attached hydrogen (secondary N) is 1. The maximum Gasteiger partial charge on any atom is 0.0948 e. The van der Waals surface area contributed by atoms with E-state index in [4.69, 9.17) is 0 Å². The summed E-state index contributed by atoms with van der Waals surface area (Å²) in [4.78, 5) is 4.08. The van der Waals surface area contributed by atoms with E-state index in [0.717, 1.165) is 19.0 Å². The van der Waals surface area contributed by atoms with Gasteiger partial charge in [-0.2, -0.15) is 0 Å². The SMILES string of the molecule is CCNCC1CCC1n1ccnc1. The van der Waals surface area contributed by atoms with Crippen molar-refractivity contribution in [2.45, 2.75) is 25.8 Å². The summed E-state index contributed by atoms with van der Waals surface area (Å²) in [5.74, 6) is 0.814. The normalized spacial score (nSPS) is 27.2. The van der Waals surface area contributed by atoms with Gasteiger partial charge in [-0.05, 0) is 31.8 Å². The lowest BCUT2D eigenvalue weighted by atomic mass is 9.79. The van der Waals surface area contributed by atoms with E-state index in [2.05, 4.69) is 28.0 Å². The highest BCUT2D eigenvalue weighted by atomic mass is 15.1. The quantitative estimate of drug-likeness (QED) is 0.758. The van der Waals surface area contributed by atoms with E-state index >= 15 is 0 Å². The Hall–Kier alpha value is -0.830. The standard InChI is InChI=1S/C10H17N3/c1-2-11-7-9-3-4-10(9)13-6-5-12-8-13/h5-6,8-11H,2-4,7H2,1H3. The third-order valence-corrected chi connectivity index (χ3v) is 2.94. The summed E-state index contributed by atoms with van der Waals surface area (Å²) in [6, 6.07) is 0.696. The molecule has 2 atom stereocenters. The van der Waals surface area contributed by atoms with E-state index in [0.29, 0.717) is 6.04 Å². The summed E-state index contributed by atoms with van der Waals surface area (Å²) < 4.78 is 2.24. The Morgan fingerprint density at radius 2 is 2.46 bits per heavy atom. The van der Waals surface area contributed by atoms with Crippen LogP contribution in [0.15, 0.2) is 18.7 Å². The van der Waals surface area contributed by atoms with Crippen molar-refractivity contribution in [2.24, 2.45) is 5.92 Å². The maximum absolute atomic E-state index is 4.08. The van der Waals surface area contributed by atoms with Gasteiger partial charge < -0.3 is 9.88 Å². The fraction of sp³-hybridized carbons (Fsp3) is 0.700. The third-order valence-electron chi connectivity index (χ3n) is 2.94. The predicted octanol–water partition coefficient (Wildman–Crippen LogP) is 1.44. The van der Waals surface area contributed by atoms with Crippen LogP contribution in [0.5, 0.6) is 0 Å². The second-order valence-corrected chi connectivity index (χ2v) is 3.72. The van der Waals surface area contributed by atoms with Crippen molar-refractivity contribution in [2.75, 3.05) is 13.1 Å². The van der Waals surface area contributed by atoms with Crippen LogP contribution >= 0.6 is 0 Å². The molecule has 0 aliphatic heterocycles. The highest BCUT2D eigenvalue weighted by molar-refractivity contribution is 4.91. The Bertz CT molecular complexity index is 243. The molecule has 1 aliphatic rings. The topological polar surface area (TPSA) is 29.9 Å². The molecule has 1 aromatic heterocycles. The fourth-order valence-electron chi connectivity index (χ4n) is 1.98. The summed E-state index contributed by atoms with van der Waals surface area (Å²) >= 11 is 0. The van der Waals surface area contributed by atoms with Crippen LogP contribution in [0.1, 0.15) is 25.8 Å². The molecule has 1 fully saturated rings. The van der Waals surface area contributed by atoms with Crippen LogP contribution < -0.4 is 5.32 Å². The fourth-order valence-corrected chi connectivity index (χ4v) is 1.98. The van der Waals surface area contributed by atoms with Gasteiger partial charge in [-0.15, -0.1) is 0 Å². The molecule has 1 aliphatic carbocycles. The highest BCUT2D eigenvalue weighted by Crippen LogP contribution is 2.37. The Kier molecular flexibility index (Phi) is 2.64. The zero-order chi connectivity index (χ0) is 9.10. The van der Waals surface area contributed by atoms with Gasteiger partial charge in [0.25, 0.3) is 0 Å². The molecule has 0 bridgehead atoms. The van der Waals surface area contributed by atoms with Gasteiger partial charge in [0, 0.05) is 18.4 Å². The Balaban J connectivity index is 1.88. The van der Waals surface area contributed by atoms with E-state index in [9.17, 15) is 0 Å². The van der Waals surface area contributed by atoms with Crippen molar-refractivity contribution < 1.29 is 0 Å². The first-order chi connectivity index (χ1) is 6.42. The molecule has 2 unspecified atom stereocenters. The molecular formula is C10H17N3. The lowest BCUT2D eigenvalue weighted by molar-refractivity contribution is 0.178. The van der Waals surface area contributed by atoms with Crippen LogP contribution in [0.2, 0.25) is 0 Å². The first-order valence-electron chi connectivity index (χ1n) is 5.10. The van der Waals surface area contributed by atoms with Gasteiger partial charge >= 0.3 is 0 Å². The van der Waals surface area contributed by atoms with E-state index in [1.165, 1.54) is 12.8 Å². The van der Waals surface area contributed by atoms with E-state index < -0.39 is 0 Å². The first kappa shape index (κ1) is 8.75. The Morgan fingerprint density at radius 3 is 3.00 bits per heavy atom. The molecule has 72 valence electrons. The first-order valence-corrected chi connectivity index (χ1v) is 5.10. The summed E-state index contributed by atoms with van der Waals surface area (Å²) in [5, 5.41) is 3.41. The molecule has 13 heavy (non-hydrogen) atoms. The number of hydrogen-bond acceptors (Lipinski definition) is 2. The van der Waals surface area contributed by atoms with Gasteiger partial charge in [0.05, 0.1) is 6.33 Å². The molecule has 1 N–H and O–H groups in total. The lowest BCUT2D eigenvalue weighted by Crippen LogP contribution is -2.36. The van der Waals surface area contributed by atoms with Crippen LogP contribution in [-0.2, 0) is 0 Å². The van der Waals surface area contributed by atoms with Crippen LogP contribution in [0, 0.1) is 5.92 Å². The number of nitrogens with zero attached hydrogens (tertiary/aromatic N) is 2. The molecule has 0 spiro atoms. The van der Waals surface area contributed by atoms with Crippen LogP contribution in [0.3, 0.4) is 0 Å². The maximum atomic E-state index is 4.08. The minimum absolute atomic E-state index is 0.696. The predicted molar refractivity (Wildman–Crippen MR) is 52.5 cm³/mol. The van der Waals surface area contributed by atoms with Crippen molar-refractivity contribution in [1.29, 1.82) is 0 Å². The second-order valence-electron chi connectivity index (χ2n) is 3.72. The number of aromatic nitrogens is 2. The molecule has 3 nitrogen and oxygen atoms in total. The smallest absolute Gasteiger partial charge is 0.0948 e. The zero-order valence-corrected chi connectivity index (χ0v) is 8.11. The summed E-state index contributed by atoms with van der Waals surface area (Å²) in [5.41, 5.74) is 0. The lowest BCUT2D eigenvalue weighted by Gasteiger charge is -2.37. The molecule has 3 heteroatoms. The van der Waals surface area contributed by atoms with Gasteiger partial charge in [-0.1, -0.05) is 6.92 Å². The summed E-state index contributed by atoms with van der Waals surface area (Å²) in [6.07, 6.45) is 8.54. The molecule has 1 saturated carbocycles. The van der Waals surface area contributed by atoms with Gasteiger partial charge in [0.15, 0.2) is 0 Å². The number of hydrogen-bond donors (Lipinski definition) is 1. The van der Waals surface area contributed by atoms with Gasteiger partial charge in [-0.3, -0.25) is 0 Å². The molecule has 0 radical (unpaired) electrons. The van der Waals surface area contributed by atoms with E-state index in [1.54, 1.807) is 0 Å². The zero-order valence-electron chi connectivity index (χ0n) is 8.11. The third kappa shape index (κ3) is 1.75. The van der Waals surface area contributed by atoms with Gasteiger partial charge in [0.2, 0.25) is 0 Å². The van der Waals surface area contributed by atoms with Crippen molar-refractivity contribution in [3.05, 3.63) is 18.7 Å². The minimum Gasteiger partial charge on any atom is -0.334 e. The average Bonchev–Trinajstić information content (AvgIpc) is 2.56. The number of rotatable bonds is 4. The van der Waals surface area contributed by atoms with E-state index in [1.807, 2.05) is 12.5 Å². The largest absolute Gasteiger partial charge is 0.334 e. The molecule has 1 heterocycles. The summed E-state index contributed by atoms with van der Waals surface area (Å²) in [6.45, 7) is 4.39. The highest BCUT2D eigenvalue weighted by Gasteiger charge is 2.31. The molecule has 0 aromatic carbocycles. The molecule has 2 rings (SSSR count). The Labute approximate surface area is 79.2 Å². The monoisotopic (exact) mass is 179 g/mol. The average molecular weight is 179 g/mol. The Morgan fingerprint density at radius 1 is 1.54 bits per heavy atom. The molecule has 1 aromatic rings. The van der Waals surface area contributed by atoms with Crippen LogP contribution in [0.25, 0.3) is 0 Å². The van der Waals surface area contributed by atoms with Crippen molar-refractivity contribution >= 4 is 0 Å². The van der Waals surface area contributed by atoms with Gasteiger partial charge in [0.1, 0.15) is 0 Å². The molecule has 0 amide bonds. The summed E-state index contributed by atoms with van der Waals surface area (Å²) in [7, 11) is 0. The van der Waals surface area contributed by atoms with E-state index in [-0.39, 0.29) is 0 Å². The van der Waals surface area contributed by atoms with Gasteiger partial charge in [-0.25, -0.2) is 4.98 Å². The number of imidazole rings is 1.